The molecule has 0 atom stereocenters. The molecule has 0 aliphatic heterocycles. The molecule has 0 N–H and O–H groups in total. The lowest BCUT2D eigenvalue weighted by Crippen LogP contribution is -2.17. The van der Waals surface area contributed by atoms with Crippen molar-refractivity contribution in [3.05, 3.63) is 47.6 Å². The molecule has 0 radical (unpaired) electrons. The number of alkyl halides is 3. The highest BCUT2D eigenvalue weighted by atomic mass is 35.5. The van der Waals surface area contributed by atoms with Crippen LogP contribution < -0.4 is 4.74 Å². The van der Waals surface area contributed by atoms with E-state index < -0.39 is 6.36 Å². The van der Waals surface area contributed by atoms with Crippen molar-refractivity contribution in [3.63, 3.8) is 0 Å². The molecular weight excluding hydrogens is 321 g/mol. The van der Waals surface area contributed by atoms with Gasteiger partial charge in [-0.05, 0) is 17.7 Å². The van der Waals surface area contributed by atoms with E-state index in [0.717, 1.165) is 5.56 Å². The Labute approximate surface area is 127 Å². The Morgan fingerprint density at radius 1 is 1.09 bits per heavy atom. The summed E-state index contributed by atoms with van der Waals surface area (Å²) < 4.78 is 41.8. The van der Waals surface area contributed by atoms with E-state index in [0.29, 0.717) is 17.7 Å². The second-order valence-corrected chi connectivity index (χ2v) is 4.76. The van der Waals surface area contributed by atoms with E-state index in [9.17, 15) is 13.2 Å². The Kier molecular flexibility index (Phi) is 3.61. The van der Waals surface area contributed by atoms with Crippen LogP contribution in [0.2, 0.25) is 5.15 Å². The van der Waals surface area contributed by atoms with Crippen LogP contribution in [-0.2, 0) is 6.54 Å². The summed E-state index contributed by atoms with van der Waals surface area (Å²) in [6.45, 7) is 0.371. The van der Waals surface area contributed by atoms with Gasteiger partial charge in [0.15, 0.2) is 10.8 Å². The molecule has 114 valence electrons. The molecule has 5 nitrogen and oxygen atoms in total. The molecule has 0 fully saturated rings. The lowest BCUT2D eigenvalue weighted by Gasteiger charge is -2.10. The smallest absolute Gasteiger partial charge is 0.406 e. The molecule has 0 unspecified atom stereocenters. The topological polar surface area (TPSA) is 52.8 Å². The molecule has 0 aliphatic carbocycles. The van der Waals surface area contributed by atoms with E-state index >= 15 is 0 Å². The first-order chi connectivity index (χ1) is 10.4. The van der Waals surface area contributed by atoms with Crippen LogP contribution >= 0.6 is 11.6 Å². The molecular formula is C13H8ClF3N4O. The van der Waals surface area contributed by atoms with Crippen molar-refractivity contribution in [1.82, 2.24) is 19.5 Å². The molecule has 0 bridgehead atoms. The van der Waals surface area contributed by atoms with Crippen molar-refractivity contribution in [2.75, 3.05) is 0 Å². The van der Waals surface area contributed by atoms with Crippen LogP contribution in [0.3, 0.4) is 0 Å². The van der Waals surface area contributed by atoms with Gasteiger partial charge in [-0.15, -0.1) is 13.2 Å². The molecule has 0 spiro atoms. The number of hydrogen-bond donors (Lipinski definition) is 0. The summed E-state index contributed by atoms with van der Waals surface area (Å²) in [7, 11) is 0. The molecule has 2 heterocycles. The van der Waals surface area contributed by atoms with Crippen LogP contribution in [0.5, 0.6) is 5.75 Å². The lowest BCUT2D eigenvalue weighted by molar-refractivity contribution is -0.274. The number of aromatic nitrogens is 4. The zero-order valence-electron chi connectivity index (χ0n) is 10.9. The molecule has 3 rings (SSSR count). The van der Waals surface area contributed by atoms with Crippen LogP contribution in [0.25, 0.3) is 11.2 Å². The van der Waals surface area contributed by atoms with Gasteiger partial charge in [-0.1, -0.05) is 23.7 Å². The van der Waals surface area contributed by atoms with Crippen molar-refractivity contribution < 1.29 is 17.9 Å². The summed E-state index contributed by atoms with van der Waals surface area (Å²) >= 11 is 6.01. The van der Waals surface area contributed by atoms with Crippen LogP contribution in [0.4, 0.5) is 13.2 Å². The summed E-state index contributed by atoms with van der Waals surface area (Å²) in [5.41, 5.74) is 1.78. The van der Waals surface area contributed by atoms with E-state index in [1.807, 2.05) is 0 Å². The van der Waals surface area contributed by atoms with Gasteiger partial charge in [0.25, 0.3) is 0 Å². The Morgan fingerprint density at radius 2 is 1.82 bits per heavy atom. The molecule has 0 aliphatic rings. The predicted molar refractivity (Wildman–Crippen MR) is 72.6 cm³/mol. The van der Waals surface area contributed by atoms with Gasteiger partial charge in [0.05, 0.1) is 6.33 Å². The van der Waals surface area contributed by atoms with E-state index in [4.69, 9.17) is 11.6 Å². The third-order valence-corrected chi connectivity index (χ3v) is 3.15. The predicted octanol–water partition coefficient (Wildman–Crippen LogP) is 3.43. The van der Waals surface area contributed by atoms with Crippen molar-refractivity contribution in [1.29, 1.82) is 0 Å². The zero-order valence-corrected chi connectivity index (χ0v) is 11.6. The fourth-order valence-corrected chi connectivity index (χ4v) is 2.22. The number of ether oxygens (including phenoxy) is 1. The number of fused-ring (bicyclic) bond motifs is 1. The van der Waals surface area contributed by atoms with Gasteiger partial charge >= 0.3 is 6.36 Å². The highest BCUT2D eigenvalue weighted by Gasteiger charge is 2.30. The van der Waals surface area contributed by atoms with E-state index in [-0.39, 0.29) is 10.9 Å². The van der Waals surface area contributed by atoms with Gasteiger partial charge in [0, 0.05) is 6.54 Å². The minimum atomic E-state index is -4.70. The highest BCUT2D eigenvalue weighted by molar-refractivity contribution is 6.33. The second kappa shape index (κ2) is 5.45. The van der Waals surface area contributed by atoms with Crippen LogP contribution in [0.15, 0.2) is 36.9 Å². The van der Waals surface area contributed by atoms with Gasteiger partial charge < -0.3 is 9.30 Å². The number of benzene rings is 1. The molecule has 22 heavy (non-hydrogen) atoms. The van der Waals surface area contributed by atoms with E-state index in [1.54, 1.807) is 10.9 Å². The quantitative estimate of drug-likeness (QED) is 0.691. The van der Waals surface area contributed by atoms with Gasteiger partial charge in [-0.2, -0.15) is 0 Å². The van der Waals surface area contributed by atoms with Gasteiger partial charge in [0.2, 0.25) is 0 Å². The van der Waals surface area contributed by atoms with Crippen molar-refractivity contribution >= 4 is 22.8 Å². The normalized spacial score (nSPS) is 11.8. The number of nitrogens with zero attached hydrogens (tertiary/aromatic N) is 4. The summed E-state index contributed by atoms with van der Waals surface area (Å²) in [6, 6.07) is 5.56. The molecule has 1 aromatic carbocycles. The third-order valence-electron chi connectivity index (χ3n) is 2.87. The van der Waals surface area contributed by atoms with Crippen LogP contribution in [-0.4, -0.2) is 25.9 Å². The second-order valence-electron chi connectivity index (χ2n) is 4.40. The molecule has 3 aromatic rings. The summed E-state index contributed by atoms with van der Waals surface area (Å²) in [5.74, 6) is -0.270. The number of hydrogen-bond acceptors (Lipinski definition) is 4. The fourth-order valence-electron chi connectivity index (χ4n) is 1.99. The summed E-state index contributed by atoms with van der Waals surface area (Å²) in [4.78, 5) is 12.0. The van der Waals surface area contributed by atoms with Crippen LogP contribution in [0, 0.1) is 0 Å². The van der Waals surface area contributed by atoms with Crippen molar-refractivity contribution in [2.45, 2.75) is 12.9 Å². The SMILES string of the molecule is FC(F)(F)Oc1ccc(Cn2cnc3ncnc(Cl)c32)cc1. The molecule has 0 saturated heterocycles. The number of halogens is 4. The van der Waals surface area contributed by atoms with Crippen molar-refractivity contribution in [2.24, 2.45) is 0 Å². The standard InChI is InChI=1S/C13H8ClF3N4O/c14-11-10-12(19-6-18-11)20-7-21(10)5-8-1-3-9(4-2-8)22-13(15,16)17/h1-4,6-7H,5H2. The Balaban J connectivity index is 1.83. The minimum absolute atomic E-state index is 0.263. The fraction of sp³-hybridized carbons (Fsp3) is 0.154. The average molecular weight is 329 g/mol. The average Bonchev–Trinajstić information content (AvgIpc) is 2.84. The number of rotatable bonds is 3. The maximum Gasteiger partial charge on any atom is 0.573 e. The molecule has 0 amide bonds. The molecule has 2 aromatic heterocycles. The van der Waals surface area contributed by atoms with Gasteiger partial charge in [-0.3, -0.25) is 0 Å². The first-order valence-corrected chi connectivity index (χ1v) is 6.46. The monoisotopic (exact) mass is 328 g/mol. The van der Waals surface area contributed by atoms with E-state index in [2.05, 4.69) is 19.7 Å². The molecule has 0 saturated carbocycles. The van der Waals surface area contributed by atoms with Gasteiger partial charge in [-0.25, -0.2) is 15.0 Å². The minimum Gasteiger partial charge on any atom is -0.406 e. The Hall–Kier alpha value is -2.35. The third kappa shape index (κ3) is 3.11. The number of imidazole rings is 1. The first kappa shape index (κ1) is 14.6. The lowest BCUT2D eigenvalue weighted by atomic mass is 10.2. The largest absolute Gasteiger partial charge is 0.573 e. The molecule has 9 heteroatoms. The van der Waals surface area contributed by atoms with Crippen LogP contribution in [0.1, 0.15) is 5.56 Å². The van der Waals surface area contributed by atoms with E-state index in [1.165, 1.54) is 30.6 Å². The highest BCUT2D eigenvalue weighted by Crippen LogP contribution is 2.24. The Morgan fingerprint density at radius 3 is 2.50 bits per heavy atom. The Bertz CT molecular complexity index is 801. The maximum atomic E-state index is 12.1. The summed E-state index contributed by atoms with van der Waals surface area (Å²) in [6.07, 6.45) is -1.84. The summed E-state index contributed by atoms with van der Waals surface area (Å²) in [5, 5.41) is 0.263. The zero-order chi connectivity index (χ0) is 15.7. The first-order valence-electron chi connectivity index (χ1n) is 6.08. The van der Waals surface area contributed by atoms with Gasteiger partial charge in [0.1, 0.15) is 17.6 Å². The maximum absolute atomic E-state index is 12.1. The van der Waals surface area contributed by atoms with Crippen molar-refractivity contribution in [3.8, 4) is 5.75 Å².